The van der Waals surface area contributed by atoms with E-state index in [0.717, 1.165) is 44.1 Å². The molecular weight excluding hydrogens is 388 g/mol. The highest BCUT2D eigenvalue weighted by Crippen LogP contribution is 2.41. The van der Waals surface area contributed by atoms with Crippen LogP contribution in [0.2, 0.25) is 0 Å². The quantitative estimate of drug-likeness (QED) is 0.615. The molecule has 0 spiro atoms. The molecule has 156 valence electrons. The van der Waals surface area contributed by atoms with Crippen molar-refractivity contribution in [1.29, 1.82) is 0 Å². The van der Waals surface area contributed by atoms with Crippen molar-refractivity contribution in [2.24, 2.45) is 17.8 Å². The predicted octanol–water partition coefficient (Wildman–Crippen LogP) is 3.76. The Balaban J connectivity index is 1.61. The SMILES string of the molecule is CC[C@H]1CCc2c(sc(NC(=O)[C@H]3CC=CC[C@@H]3C(=O)O)c2C(=O)NC2CC2)C1. The van der Waals surface area contributed by atoms with Gasteiger partial charge in [-0.05, 0) is 56.4 Å². The monoisotopic (exact) mass is 416 g/mol. The Bertz CT molecular complexity index is 855. The second kappa shape index (κ2) is 8.30. The van der Waals surface area contributed by atoms with Crippen molar-refractivity contribution in [3.05, 3.63) is 28.2 Å². The largest absolute Gasteiger partial charge is 0.481 e. The molecule has 1 aromatic heterocycles. The number of hydrogen-bond donors (Lipinski definition) is 3. The van der Waals surface area contributed by atoms with Crippen LogP contribution in [0.15, 0.2) is 12.2 Å². The van der Waals surface area contributed by atoms with E-state index in [1.807, 2.05) is 12.2 Å². The van der Waals surface area contributed by atoms with E-state index in [1.165, 1.54) is 16.2 Å². The summed E-state index contributed by atoms with van der Waals surface area (Å²) in [6.45, 7) is 2.19. The highest BCUT2D eigenvalue weighted by atomic mass is 32.1. The zero-order valence-electron chi connectivity index (χ0n) is 16.7. The van der Waals surface area contributed by atoms with Gasteiger partial charge in [0.2, 0.25) is 5.91 Å². The summed E-state index contributed by atoms with van der Waals surface area (Å²) < 4.78 is 0. The fourth-order valence-electron chi connectivity index (χ4n) is 4.40. The Morgan fingerprint density at radius 1 is 1.14 bits per heavy atom. The number of carbonyl (C=O) groups is 3. The molecule has 0 bridgehead atoms. The molecule has 0 aliphatic heterocycles. The van der Waals surface area contributed by atoms with Crippen molar-refractivity contribution >= 4 is 34.1 Å². The number of carboxylic acid groups (broad SMARTS) is 1. The van der Waals surface area contributed by atoms with Crippen LogP contribution in [0.3, 0.4) is 0 Å². The van der Waals surface area contributed by atoms with Crippen LogP contribution < -0.4 is 10.6 Å². The number of allylic oxidation sites excluding steroid dienone is 2. The summed E-state index contributed by atoms with van der Waals surface area (Å²) in [4.78, 5) is 38.7. The first kappa shape index (κ1) is 20.1. The number of hydrogen-bond acceptors (Lipinski definition) is 4. The minimum atomic E-state index is -0.947. The van der Waals surface area contributed by atoms with Gasteiger partial charge in [-0.1, -0.05) is 25.5 Å². The average molecular weight is 417 g/mol. The molecular formula is C22H28N2O4S. The van der Waals surface area contributed by atoms with Gasteiger partial charge in [-0.15, -0.1) is 11.3 Å². The van der Waals surface area contributed by atoms with Crippen LogP contribution in [-0.2, 0) is 22.4 Å². The standard InChI is InChI=1S/C22H28N2O4S/c1-2-12-7-10-16-17(11-12)29-21(18(16)20(26)23-13-8-9-13)24-19(25)14-5-3-4-6-15(14)22(27)28/h3-4,12-15H,2,5-11H2,1H3,(H,23,26)(H,24,25)(H,27,28)/t12-,14-,15-/m0/s1. The Kier molecular flexibility index (Phi) is 5.76. The second-order valence-corrected chi connectivity index (χ2v) is 9.56. The highest BCUT2D eigenvalue weighted by molar-refractivity contribution is 7.17. The van der Waals surface area contributed by atoms with E-state index in [0.29, 0.717) is 29.3 Å². The van der Waals surface area contributed by atoms with Crippen molar-refractivity contribution in [1.82, 2.24) is 5.32 Å². The summed E-state index contributed by atoms with van der Waals surface area (Å²) in [6.07, 6.45) is 10.5. The summed E-state index contributed by atoms with van der Waals surface area (Å²) >= 11 is 1.50. The molecule has 4 rings (SSSR count). The number of aliphatic carboxylic acids is 1. The van der Waals surface area contributed by atoms with E-state index in [4.69, 9.17) is 0 Å². The van der Waals surface area contributed by atoms with Crippen molar-refractivity contribution < 1.29 is 19.5 Å². The van der Waals surface area contributed by atoms with Gasteiger partial charge in [-0.2, -0.15) is 0 Å². The Hall–Kier alpha value is -2.15. The molecule has 3 N–H and O–H groups in total. The minimum Gasteiger partial charge on any atom is -0.481 e. The molecule has 0 unspecified atom stereocenters. The minimum absolute atomic E-state index is 0.103. The summed E-state index contributed by atoms with van der Waals surface area (Å²) in [7, 11) is 0. The number of carboxylic acids is 1. The Morgan fingerprint density at radius 3 is 2.52 bits per heavy atom. The Morgan fingerprint density at radius 2 is 1.86 bits per heavy atom. The van der Waals surface area contributed by atoms with E-state index >= 15 is 0 Å². The molecule has 1 aromatic rings. The maximum Gasteiger partial charge on any atom is 0.307 e. The summed E-state index contributed by atoms with van der Waals surface area (Å²) in [6, 6.07) is 0.244. The smallest absolute Gasteiger partial charge is 0.307 e. The molecule has 6 nitrogen and oxygen atoms in total. The van der Waals surface area contributed by atoms with Crippen LogP contribution in [0.4, 0.5) is 5.00 Å². The lowest BCUT2D eigenvalue weighted by atomic mass is 9.82. The van der Waals surface area contributed by atoms with Crippen LogP contribution in [0.5, 0.6) is 0 Å². The van der Waals surface area contributed by atoms with E-state index < -0.39 is 17.8 Å². The fraction of sp³-hybridized carbons (Fsp3) is 0.591. The lowest BCUT2D eigenvalue weighted by Gasteiger charge is -2.24. The molecule has 1 saturated carbocycles. The normalized spacial score (nSPS) is 25.9. The van der Waals surface area contributed by atoms with Gasteiger partial charge in [0.05, 0.1) is 17.4 Å². The number of nitrogens with one attached hydrogen (secondary N) is 2. The van der Waals surface area contributed by atoms with Crippen molar-refractivity contribution in [2.75, 3.05) is 5.32 Å². The first-order valence-electron chi connectivity index (χ1n) is 10.6. The third kappa shape index (κ3) is 4.25. The van der Waals surface area contributed by atoms with Crippen molar-refractivity contribution in [3.8, 4) is 0 Å². The van der Waals surface area contributed by atoms with Crippen LogP contribution in [0, 0.1) is 17.8 Å². The molecule has 0 aromatic carbocycles. The lowest BCUT2D eigenvalue weighted by molar-refractivity contribution is -0.146. The molecule has 2 amide bonds. The second-order valence-electron chi connectivity index (χ2n) is 8.46. The van der Waals surface area contributed by atoms with Gasteiger partial charge >= 0.3 is 5.97 Å². The summed E-state index contributed by atoms with van der Waals surface area (Å²) in [5.74, 6) is -2.06. The molecule has 1 heterocycles. The van der Waals surface area contributed by atoms with Gasteiger partial charge in [-0.25, -0.2) is 0 Å². The van der Waals surface area contributed by atoms with Gasteiger partial charge in [0.1, 0.15) is 5.00 Å². The maximum absolute atomic E-state index is 13.0. The number of thiophene rings is 1. The number of anilines is 1. The average Bonchev–Trinajstić information content (AvgIpc) is 3.45. The molecule has 0 radical (unpaired) electrons. The lowest BCUT2D eigenvalue weighted by Crippen LogP contribution is -2.35. The first-order valence-corrected chi connectivity index (χ1v) is 11.4. The van der Waals surface area contributed by atoms with Crippen LogP contribution >= 0.6 is 11.3 Å². The number of amides is 2. The van der Waals surface area contributed by atoms with Gasteiger partial charge in [0.15, 0.2) is 0 Å². The molecule has 3 atom stereocenters. The predicted molar refractivity (Wildman–Crippen MR) is 112 cm³/mol. The molecule has 3 aliphatic rings. The molecule has 7 heteroatoms. The number of fused-ring (bicyclic) bond motifs is 1. The third-order valence-corrected chi connectivity index (χ3v) is 7.58. The zero-order valence-corrected chi connectivity index (χ0v) is 17.5. The van der Waals surface area contributed by atoms with Crippen LogP contribution in [0.25, 0.3) is 0 Å². The van der Waals surface area contributed by atoms with Gasteiger partial charge in [-0.3, -0.25) is 14.4 Å². The van der Waals surface area contributed by atoms with Crippen molar-refractivity contribution in [2.45, 2.75) is 64.3 Å². The molecule has 0 saturated heterocycles. The zero-order chi connectivity index (χ0) is 20.5. The van der Waals surface area contributed by atoms with E-state index in [1.54, 1.807) is 0 Å². The third-order valence-electron chi connectivity index (χ3n) is 6.41. The summed E-state index contributed by atoms with van der Waals surface area (Å²) in [5, 5.41) is 16.1. The number of rotatable bonds is 6. The van der Waals surface area contributed by atoms with Gasteiger partial charge < -0.3 is 15.7 Å². The maximum atomic E-state index is 13.0. The molecule has 29 heavy (non-hydrogen) atoms. The van der Waals surface area contributed by atoms with Crippen LogP contribution in [0.1, 0.15) is 66.2 Å². The van der Waals surface area contributed by atoms with Crippen LogP contribution in [-0.4, -0.2) is 28.9 Å². The van der Waals surface area contributed by atoms with E-state index in [9.17, 15) is 19.5 Å². The fourth-order valence-corrected chi connectivity index (χ4v) is 5.76. The Labute approximate surface area is 174 Å². The molecule has 3 aliphatic carbocycles. The van der Waals surface area contributed by atoms with Crippen molar-refractivity contribution in [3.63, 3.8) is 0 Å². The summed E-state index contributed by atoms with van der Waals surface area (Å²) in [5.41, 5.74) is 1.68. The van der Waals surface area contributed by atoms with Gasteiger partial charge in [0.25, 0.3) is 5.91 Å². The highest BCUT2D eigenvalue weighted by Gasteiger charge is 2.36. The van der Waals surface area contributed by atoms with E-state index in [-0.39, 0.29) is 17.9 Å². The number of carbonyl (C=O) groups excluding carboxylic acids is 2. The van der Waals surface area contributed by atoms with Gasteiger partial charge in [0, 0.05) is 10.9 Å². The topological polar surface area (TPSA) is 95.5 Å². The first-order chi connectivity index (χ1) is 14.0. The van der Waals surface area contributed by atoms with E-state index in [2.05, 4.69) is 17.6 Å². The molecule has 1 fully saturated rings.